The van der Waals surface area contributed by atoms with E-state index in [-0.39, 0.29) is 37.3 Å². The fourth-order valence-electron chi connectivity index (χ4n) is 6.78. The van der Waals surface area contributed by atoms with E-state index in [0.717, 1.165) is 25.7 Å². The second kappa shape index (κ2) is 20.1. The van der Waals surface area contributed by atoms with Gasteiger partial charge in [0.05, 0.1) is 0 Å². The van der Waals surface area contributed by atoms with Crippen molar-refractivity contribution in [2.24, 2.45) is 10.8 Å². The molecule has 4 heteroatoms. The maximum absolute atomic E-state index is 10.0. The second-order valence-corrected chi connectivity index (χ2v) is 11.0. The zero-order chi connectivity index (χ0) is 24.1. The van der Waals surface area contributed by atoms with Crippen LogP contribution in [0.5, 0.6) is 0 Å². The van der Waals surface area contributed by atoms with Crippen molar-refractivity contribution in [3.05, 3.63) is 0 Å². The highest BCUT2D eigenvalue weighted by molar-refractivity contribution is 4.98. The lowest BCUT2D eigenvalue weighted by atomic mass is 9.53. The molecule has 1 rings (SSSR count). The largest absolute Gasteiger partial charge is 0.396 e. The van der Waals surface area contributed by atoms with E-state index in [1.807, 2.05) is 0 Å². The minimum atomic E-state index is -0.208. The van der Waals surface area contributed by atoms with Crippen molar-refractivity contribution in [1.82, 2.24) is 0 Å². The van der Waals surface area contributed by atoms with Crippen LogP contribution in [-0.4, -0.2) is 46.9 Å². The highest BCUT2D eigenvalue weighted by Crippen LogP contribution is 2.56. The molecular weight excluding hydrogens is 412 g/mol. The van der Waals surface area contributed by atoms with Crippen molar-refractivity contribution in [2.75, 3.05) is 26.4 Å². The van der Waals surface area contributed by atoms with Crippen molar-refractivity contribution in [3.8, 4) is 0 Å². The average Bonchev–Trinajstić information content (AvgIpc) is 2.80. The Balaban J connectivity index is 2.93. The fourth-order valence-corrected chi connectivity index (χ4v) is 6.78. The standard InChI is InChI=1S/C29H58O4/c30-24-20-28(21-25-31)18-16-14-12-10-8-6-4-2-1-3-5-7-9-11-13-15-17-19-29(28,22-26-32)23-27-33/h30-33H,1-27H2. The number of rotatable bonds is 8. The SMILES string of the molecule is OCCC1(CCO)CCCCCCCCCCCCCCCCCCCC1(CCO)CCO. The van der Waals surface area contributed by atoms with E-state index in [0.29, 0.717) is 25.7 Å². The van der Waals surface area contributed by atoms with Crippen molar-refractivity contribution in [3.63, 3.8) is 0 Å². The van der Waals surface area contributed by atoms with Crippen molar-refractivity contribution in [1.29, 1.82) is 0 Å². The van der Waals surface area contributed by atoms with Gasteiger partial charge in [-0.25, -0.2) is 0 Å². The molecule has 0 radical (unpaired) electrons. The zero-order valence-electron chi connectivity index (χ0n) is 21.9. The molecule has 1 saturated carbocycles. The van der Waals surface area contributed by atoms with E-state index in [2.05, 4.69) is 0 Å². The predicted molar refractivity (Wildman–Crippen MR) is 139 cm³/mol. The first-order valence-electron chi connectivity index (χ1n) is 14.6. The van der Waals surface area contributed by atoms with Crippen LogP contribution in [0, 0.1) is 10.8 Å². The quantitative estimate of drug-likeness (QED) is 0.310. The van der Waals surface area contributed by atoms with E-state index < -0.39 is 0 Å². The molecule has 0 unspecified atom stereocenters. The maximum Gasteiger partial charge on any atom is 0.0436 e. The highest BCUT2D eigenvalue weighted by Gasteiger charge is 2.48. The van der Waals surface area contributed by atoms with Gasteiger partial charge in [0.2, 0.25) is 0 Å². The first-order chi connectivity index (χ1) is 16.2. The Hall–Kier alpha value is -0.160. The molecule has 198 valence electrons. The van der Waals surface area contributed by atoms with E-state index in [1.165, 1.54) is 96.3 Å². The van der Waals surface area contributed by atoms with Gasteiger partial charge in [-0.05, 0) is 49.4 Å². The Morgan fingerprint density at radius 3 is 0.667 bits per heavy atom. The molecule has 0 bridgehead atoms. The molecule has 0 aromatic rings. The summed E-state index contributed by atoms with van der Waals surface area (Å²) in [4.78, 5) is 0. The fraction of sp³-hybridized carbons (Fsp3) is 1.00. The minimum absolute atomic E-state index is 0.110. The summed E-state index contributed by atoms with van der Waals surface area (Å²) < 4.78 is 0. The van der Waals surface area contributed by atoms with Gasteiger partial charge in [0.25, 0.3) is 0 Å². The Bertz CT molecular complexity index is 376. The lowest BCUT2D eigenvalue weighted by Crippen LogP contribution is -2.45. The second-order valence-electron chi connectivity index (χ2n) is 11.0. The molecule has 0 atom stereocenters. The van der Waals surface area contributed by atoms with Crippen molar-refractivity contribution in [2.45, 2.75) is 148 Å². The van der Waals surface area contributed by atoms with Gasteiger partial charge in [0.15, 0.2) is 0 Å². The van der Waals surface area contributed by atoms with Crippen LogP contribution in [0.4, 0.5) is 0 Å². The topological polar surface area (TPSA) is 80.9 Å². The average molecular weight is 471 g/mol. The number of hydrogen-bond donors (Lipinski definition) is 4. The summed E-state index contributed by atoms with van der Waals surface area (Å²) in [6.07, 6.45) is 26.8. The van der Waals surface area contributed by atoms with Crippen LogP contribution >= 0.6 is 0 Å². The molecular formula is C29H58O4. The summed E-state index contributed by atoms with van der Waals surface area (Å²) in [7, 11) is 0. The molecule has 0 saturated heterocycles. The summed E-state index contributed by atoms with van der Waals surface area (Å²) in [6, 6.07) is 0. The lowest BCUT2D eigenvalue weighted by Gasteiger charge is -2.52. The molecule has 0 aliphatic heterocycles. The third kappa shape index (κ3) is 11.9. The van der Waals surface area contributed by atoms with Gasteiger partial charge >= 0.3 is 0 Å². The first-order valence-corrected chi connectivity index (χ1v) is 14.6. The highest BCUT2D eigenvalue weighted by atomic mass is 16.3. The molecule has 0 amide bonds. The smallest absolute Gasteiger partial charge is 0.0436 e. The van der Waals surface area contributed by atoms with Gasteiger partial charge in [0.1, 0.15) is 0 Å². The maximum atomic E-state index is 10.0. The number of aliphatic hydroxyl groups excluding tert-OH is 4. The number of hydrogen-bond acceptors (Lipinski definition) is 4. The van der Waals surface area contributed by atoms with Crippen molar-refractivity contribution < 1.29 is 20.4 Å². The summed E-state index contributed by atoms with van der Waals surface area (Å²) in [5.74, 6) is 0. The van der Waals surface area contributed by atoms with Crippen LogP contribution in [0.15, 0.2) is 0 Å². The monoisotopic (exact) mass is 470 g/mol. The number of aliphatic hydroxyl groups is 4. The van der Waals surface area contributed by atoms with E-state index >= 15 is 0 Å². The predicted octanol–water partition coefficient (Wildman–Crippen LogP) is 6.91. The molecule has 0 aromatic heterocycles. The van der Waals surface area contributed by atoms with Gasteiger partial charge in [0, 0.05) is 26.4 Å². The van der Waals surface area contributed by atoms with Crippen LogP contribution in [-0.2, 0) is 0 Å². The van der Waals surface area contributed by atoms with Crippen LogP contribution in [0.3, 0.4) is 0 Å². The summed E-state index contributed by atoms with van der Waals surface area (Å²) in [6.45, 7) is 0.439. The van der Waals surface area contributed by atoms with Gasteiger partial charge in [-0.2, -0.15) is 0 Å². The Kier molecular flexibility index (Phi) is 18.8. The molecule has 33 heavy (non-hydrogen) atoms. The van der Waals surface area contributed by atoms with Crippen molar-refractivity contribution >= 4 is 0 Å². The molecule has 1 fully saturated rings. The van der Waals surface area contributed by atoms with Crippen LogP contribution in [0.1, 0.15) is 148 Å². The third-order valence-electron chi connectivity index (χ3n) is 8.80. The molecule has 1 aliphatic rings. The minimum Gasteiger partial charge on any atom is -0.396 e. The summed E-state index contributed by atoms with van der Waals surface area (Å²) in [5.41, 5.74) is -0.415. The Labute approximate surface area is 205 Å². The van der Waals surface area contributed by atoms with Crippen LogP contribution in [0.2, 0.25) is 0 Å². The van der Waals surface area contributed by atoms with E-state index in [9.17, 15) is 20.4 Å². The van der Waals surface area contributed by atoms with E-state index in [1.54, 1.807) is 0 Å². The molecule has 4 N–H and O–H groups in total. The Morgan fingerprint density at radius 1 is 0.303 bits per heavy atom. The van der Waals surface area contributed by atoms with Crippen LogP contribution in [0.25, 0.3) is 0 Å². The first kappa shape index (κ1) is 30.9. The van der Waals surface area contributed by atoms with Gasteiger partial charge in [-0.15, -0.1) is 0 Å². The molecule has 0 spiro atoms. The molecule has 0 heterocycles. The molecule has 1 aliphatic carbocycles. The molecule has 4 nitrogen and oxygen atoms in total. The zero-order valence-corrected chi connectivity index (χ0v) is 21.9. The summed E-state index contributed by atoms with van der Waals surface area (Å²) >= 11 is 0. The van der Waals surface area contributed by atoms with Gasteiger partial charge < -0.3 is 20.4 Å². The Morgan fingerprint density at radius 2 is 0.485 bits per heavy atom. The van der Waals surface area contributed by atoms with E-state index in [4.69, 9.17) is 0 Å². The van der Waals surface area contributed by atoms with Gasteiger partial charge in [-0.3, -0.25) is 0 Å². The normalized spacial score (nSPS) is 22.9. The van der Waals surface area contributed by atoms with Crippen LogP contribution < -0.4 is 0 Å². The molecule has 0 aromatic carbocycles. The third-order valence-corrected chi connectivity index (χ3v) is 8.80. The van der Waals surface area contributed by atoms with Gasteiger partial charge in [-0.1, -0.05) is 109 Å². The lowest BCUT2D eigenvalue weighted by molar-refractivity contribution is -0.0601. The summed E-state index contributed by atoms with van der Waals surface area (Å²) in [5, 5.41) is 40.2.